The molecule has 38 valence electrons. The second kappa shape index (κ2) is 10.1. The first-order valence-electron chi connectivity index (χ1n) is 1.95. The van der Waals surface area contributed by atoms with Crippen LogP contribution >= 0.6 is 0 Å². The summed E-state index contributed by atoms with van der Waals surface area (Å²) in [4.78, 5) is 19.0. The van der Waals surface area contributed by atoms with Gasteiger partial charge < -0.3 is 4.79 Å². The van der Waals surface area contributed by atoms with Crippen molar-refractivity contribution in [2.75, 3.05) is 0 Å². The molecule has 0 rings (SSSR count). The van der Waals surface area contributed by atoms with Gasteiger partial charge in [0.2, 0.25) is 0 Å². The van der Waals surface area contributed by atoms with Crippen LogP contribution in [-0.2, 0) is 9.59 Å². The molecule has 0 atom stereocenters. The second-order valence-electron chi connectivity index (χ2n) is 0.967. The molecule has 0 heterocycles. The van der Waals surface area contributed by atoms with Crippen LogP contribution in [0.25, 0.3) is 0 Å². The van der Waals surface area contributed by atoms with Gasteiger partial charge >= 0.3 is 29.6 Å². The Morgan fingerprint density at radius 1 is 1.25 bits per heavy atom. The van der Waals surface area contributed by atoms with Crippen LogP contribution in [0.15, 0.2) is 12.2 Å². The van der Waals surface area contributed by atoms with E-state index in [9.17, 15) is 9.59 Å². The molecule has 2 nitrogen and oxygen atoms in total. The molecule has 0 N–H and O–H groups in total. The van der Waals surface area contributed by atoms with E-state index in [1.54, 1.807) is 0 Å². The van der Waals surface area contributed by atoms with E-state index in [-0.39, 0.29) is 29.6 Å². The van der Waals surface area contributed by atoms with Crippen LogP contribution in [0.2, 0.25) is 0 Å². The zero-order chi connectivity index (χ0) is 5.54. The topological polar surface area (TPSA) is 34.1 Å². The first-order valence-corrected chi connectivity index (χ1v) is 1.95. The van der Waals surface area contributed by atoms with Gasteiger partial charge in [-0.3, -0.25) is 4.79 Å². The number of aldehydes is 2. The van der Waals surface area contributed by atoms with E-state index in [1.807, 2.05) is 0 Å². The molecule has 0 aliphatic rings. The Bertz CT molecular complexity index is 88.4. The first kappa shape index (κ1) is 11.0. The molecule has 0 saturated heterocycles. The quantitative estimate of drug-likeness (QED) is 0.232. The molecule has 0 aromatic heterocycles. The average Bonchev–Trinajstić information content (AvgIpc) is 1.69. The van der Waals surface area contributed by atoms with Gasteiger partial charge in [0.1, 0.15) is 12.6 Å². The minimum absolute atomic E-state index is 0. The van der Waals surface area contributed by atoms with Crippen molar-refractivity contribution in [3.63, 3.8) is 0 Å². The van der Waals surface area contributed by atoms with Gasteiger partial charge in [-0.1, -0.05) is 6.08 Å². The standard InChI is InChI=1S/C5H6O2.Na/c6-4-2-1-3-5-7;/h1-2,4-5H,3H2;/q;+1. The van der Waals surface area contributed by atoms with Gasteiger partial charge in [0, 0.05) is 6.42 Å². The molecule has 3 heteroatoms. The Labute approximate surface area is 70.2 Å². The molecule has 0 fully saturated rings. The van der Waals surface area contributed by atoms with Crippen molar-refractivity contribution in [1.82, 2.24) is 0 Å². The minimum atomic E-state index is 0. The van der Waals surface area contributed by atoms with Crippen molar-refractivity contribution in [1.29, 1.82) is 0 Å². The van der Waals surface area contributed by atoms with E-state index in [2.05, 4.69) is 0 Å². The SMILES string of the molecule is O=CC=CCC=O.[Na+]. The van der Waals surface area contributed by atoms with Gasteiger partial charge in [0.05, 0.1) is 0 Å². The fourth-order valence-corrected chi connectivity index (χ4v) is 0.190. The van der Waals surface area contributed by atoms with E-state index < -0.39 is 0 Å². The molecule has 8 heavy (non-hydrogen) atoms. The fourth-order valence-electron chi connectivity index (χ4n) is 0.190. The van der Waals surface area contributed by atoms with Crippen molar-refractivity contribution in [2.45, 2.75) is 6.42 Å². The van der Waals surface area contributed by atoms with Crippen molar-refractivity contribution in [2.24, 2.45) is 0 Å². The summed E-state index contributed by atoms with van der Waals surface area (Å²) in [5.41, 5.74) is 0. The maximum atomic E-state index is 9.51. The van der Waals surface area contributed by atoms with Crippen LogP contribution in [0.4, 0.5) is 0 Å². The van der Waals surface area contributed by atoms with Crippen LogP contribution < -0.4 is 29.6 Å². The number of carbonyl (C=O) groups excluding carboxylic acids is 2. The Balaban J connectivity index is 0. The molecule has 0 amide bonds. The Hall–Kier alpha value is 0.0800. The number of rotatable bonds is 3. The van der Waals surface area contributed by atoms with Crippen LogP contribution in [0.3, 0.4) is 0 Å². The van der Waals surface area contributed by atoms with Crippen LogP contribution in [-0.4, -0.2) is 12.6 Å². The smallest absolute Gasteiger partial charge is 0.303 e. The summed E-state index contributed by atoms with van der Waals surface area (Å²) in [6.07, 6.45) is 4.51. The Morgan fingerprint density at radius 3 is 2.25 bits per heavy atom. The summed E-state index contributed by atoms with van der Waals surface area (Å²) in [5, 5.41) is 0. The summed E-state index contributed by atoms with van der Waals surface area (Å²) in [6, 6.07) is 0. The normalized spacial score (nSPS) is 8.00. The van der Waals surface area contributed by atoms with Crippen LogP contribution in [0, 0.1) is 0 Å². The minimum Gasteiger partial charge on any atom is -0.303 e. The van der Waals surface area contributed by atoms with Crippen molar-refractivity contribution < 1.29 is 39.1 Å². The maximum absolute atomic E-state index is 9.51. The molecular formula is C5H6NaO2+. The summed E-state index contributed by atoms with van der Waals surface area (Å²) in [7, 11) is 0. The van der Waals surface area contributed by atoms with E-state index in [0.717, 1.165) is 6.29 Å². The molecule has 0 radical (unpaired) electrons. The van der Waals surface area contributed by atoms with Gasteiger partial charge in [-0.25, -0.2) is 0 Å². The van der Waals surface area contributed by atoms with Crippen molar-refractivity contribution in [3.05, 3.63) is 12.2 Å². The molecule has 0 aromatic carbocycles. The zero-order valence-electron chi connectivity index (χ0n) is 4.83. The fraction of sp³-hybridized carbons (Fsp3) is 0.200. The van der Waals surface area contributed by atoms with Gasteiger partial charge in [-0.15, -0.1) is 0 Å². The zero-order valence-corrected chi connectivity index (χ0v) is 6.83. The molecule has 0 aliphatic carbocycles. The van der Waals surface area contributed by atoms with Gasteiger partial charge in [0.15, 0.2) is 0 Å². The van der Waals surface area contributed by atoms with Crippen LogP contribution in [0.5, 0.6) is 0 Å². The van der Waals surface area contributed by atoms with Gasteiger partial charge in [0.25, 0.3) is 0 Å². The number of hydrogen-bond acceptors (Lipinski definition) is 2. The molecular weight excluding hydrogens is 115 g/mol. The summed E-state index contributed by atoms with van der Waals surface area (Å²) in [6.45, 7) is 0. The molecule has 0 bridgehead atoms. The third-order valence-electron chi connectivity index (χ3n) is 0.447. The Morgan fingerprint density at radius 2 is 1.88 bits per heavy atom. The van der Waals surface area contributed by atoms with E-state index in [4.69, 9.17) is 0 Å². The number of allylic oxidation sites excluding steroid dienone is 2. The third-order valence-corrected chi connectivity index (χ3v) is 0.447. The van der Waals surface area contributed by atoms with Crippen LogP contribution in [0.1, 0.15) is 6.42 Å². The summed E-state index contributed by atoms with van der Waals surface area (Å²) < 4.78 is 0. The first-order chi connectivity index (χ1) is 3.41. The molecule has 0 saturated carbocycles. The molecule has 0 unspecified atom stereocenters. The molecule has 0 aromatic rings. The van der Waals surface area contributed by atoms with E-state index in [1.165, 1.54) is 12.2 Å². The average molecular weight is 121 g/mol. The maximum Gasteiger partial charge on any atom is 1.00 e. The monoisotopic (exact) mass is 121 g/mol. The predicted octanol–water partition coefficient (Wildman–Crippen LogP) is -2.67. The number of hydrogen-bond donors (Lipinski definition) is 0. The van der Waals surface area contributed by atoms with Gasteiger partial charge in [-0.2, -0.15) is 0 Å². The van der Waals surface area contributed by atoms with E-state index >= 15 is 0 Å². The van der Waals surface area contributed by atoms with Gasteiger partial charge in [-0.05, 0) is 6.08 Å². The molecule has 0 aliphatic heterocycles. The summed E-state index contributed by atoms with van der Waals surface area (Å²) >= 11 is 0. The number of carbonyl (C=O) groups is 2. The Kier molecular flexibility index (Phi) is 13.9. The molecule has 0 spiro atoms. The second-order valence-corrected chi connectivity index (χ2v) is 0.967. The third kappa shape index (κ3) is 9.43. The van der Waals surface area contributed by atoms with Crippen molar-refractivity contribution in [3.8, 4) is 0 Å². The predicted molar refractivity (Wildman–Crippen MR) is 25.9 cm³/mol. The largest absolute Gasteiger partial charge is 1.00 e. The van der Waals surface area contributed by atoms with Crippen molar-refractivity contribution >= 4 is 12.6 Å². The van der Waals surface area contributed by atoms with E-state index in [0.29, 0.717) is 12.7 Å². The summed E-state index contributed by atoms with van der Waals surface area (Å²) in [5.74, 6) is 0.